The van der Waals surface area contributed by atoms with E-state index in [1.165, 1.54) is 12.4 Å². The summed E-state index contributed by atoms with van der Waals surface area (Å²) in [5.74, 6) is 0.0578. The predicted molar refractivity (Wildman–Crippen MR) is 70.0 cm³/mol. The van der Waals surface area contributed by atoms with E-state index in [1.807, 2.05) is 25.1 Å². The van der Waals surface area contributed by atoms with Gasteiger partial charge in [-0.2, -0.15) is 0 Å². The molecule has 0 aliphatic heterocycles. The maximum absolute atomic E-state index is 10.8. The summed E-state index contributed by atoms with van der Waals surface area (Å²) >= 11 is 0. The van der Waals surface area contributed by atoms with Crippen molar-refractivity contribution < 1.29 is 14.6 Å². The molecule has 0 aliphatic rings. The van der Waals surface area contributed by atoms with E-state index >= 15 is 0 Å². The Bertz CT molecular complexity index is 614. The zero-order chi connectivity index (χ0) is 13.8. The van der Waals surface area contributed by atoms with Gasteiger partial charge >= 0.3 is 5.97 Å². The van der Waals surface area contributed by atoms with Crippen molar-refractivity contribution in [3.8, 4) is 5.75 Å². The van der Waals surface area contributed by atoms with Crippen LogP contribution in [-0.2, 0) is 0 Å². The van der Waals surface area contributed by atoms with E-state index in [4.69, 9.17) is 9.84 Å². The number of rotatable bonds is 4. The maximum Gasteiger partial charge on any atom is 0.356 e. The maximum atomic E-state index is 10.8. The molecule has 0 aliphatic carbocycles. The molecule has 0 bridgehead atoms. The zero-order valence-corrected chi connectivity index (χ0v) is 10.5. The van der Waals surface area contributed by atoms with Crippen molar-refractivity contribution in [3.63, 3.8) is 0 Å². The number of methoxy groups -OCH3 is 1. The van der Waals surface area contributed by atoms with Gasteiger partial charge in [0.1, 0.15) is 11.6 Å². The first kappa shape index (κ1) is 12.8. The third-order valence-corrected chi connectivity index (χ3v) is 2.52. The lowest BCUT2D eigenvalue weighted by molar-refractivity contribution is 0.0690. The molecule has 0 unspecified atom stereocenters. The summed E-state index contributed by atoms with van der Waals surface area (Å²) in [6, 6.07) is 5.53. The second-order valence-electron chi connectivity index (χ2n) is 3.90. The van der Waals surface area contributed by atoms with Crippen molar-refractivity contribution in [1.29, 1.82) is 0 Å². The van der Waals surface area contributed by atoms with Gasteiger partial charge < -0.3 is 15.2 Å². The highest BCUT2D eigenvalue weighted by atomic mass is 16.5. The summed E-state index contributed by atoms with van der Waals surface area (Å²) in [7, 11) is 1.61. The molecule has 0 amide bonds. The summed E-state index contributed by atoms with van der Waals surface area (Å²) in [5, 5.41) is 11.8. The van der Waals surface area contributed by atoms with Crippen LogP contribution < -0.4 is 10.1 Å². The number of aryl methyl sites for hydroxylation is 1. The molecule has 2 N–H and O–H groups in total. The Morgan fingerprint density at radius 1 is 1.37 bits per heavy atom. The number of hydrogen-bond donors (Lipinski definition) is 2. The first-order chi connectivity index (χ1) is 9.10. The molecular weight excluding hydrogens is 246 g/mol. The number of hydrogen-bond acceptors (Lipinski definition) is 5. The molecule has 0 atom stereocenters. The number of carbonyl (C=O) groups is 1. The molecular formula is C13H13N3O3. The van der Waals surface area contributed by atoms with Crippen LogP contribution >= 0.6 is 0 Å². The molecule has 0 saturated carbocycles. The second kappa shape index (κ2) is 5.34. The fourth-order valence-electron chi connectivity index (χ4n) is 1.63. The van der Waals surface area contributed by atoms with Crippen LogP contribution in [0.1, 0.15) is 16.1 Å². The number of nitrogens with zero attached hydrogens (tertiary/aromatic N) is 2. The molecule has 6 heteroatoms. The predicted octanol–water partition coefficient (Wildman–Crippen LogP) is 2.24. The van der Waals surface area contributed by atoms with Crippen LogP contribution in [0.3, 0.4) is 0 Å². The third kappa shape index (κ3) is 2.98. The zero-order valence-electron chi connectivity index (χ0n) is 10.5. The van der Waals surface area contributed by atoms with E-state index in [-0.39, 0.29) is 5.69 Å². The van der Waals surface area contributed by atoms with Gasteiger partial charge in [0.25, 0.3) is 0 Å². The normalized spacial score (nSPS) is 10.0. The SMILES string of the molecule is COc1ccc(Nc2cncc(C(=O)O)n2)cc1C. The lowest BCUT2D eigenvalue weighted by atomic mass is 10.2. The molecule has 0 saturated heterocycles. The molecule has 19 heavy (non-hydrogen) atoms. The van der Waals surface area contributed by atoms with Gasteiger partial charge in [0, 0.05) is 5.69 Å². The molecule has 0 spiro atoms. The van der Waals surface area contributed by atoms with Crippen LogP contribution in [0.5, 0.6) is 5.75 Å². The number of ether oxygens (including phenoxy) is 1. The second-order valence-corrected chi connectivity index (χ2v) is 3.90. The molecule has 0 radical (unpaired) electrons. The number of aromatic carboxylic acids is 1. The first-order valence-electron chi connectivity index (χ1n) is 5.57. The van der Waals surface area contributed by atoms with Gasteiger partial charge in [-0.1, -0.05) is 0 Å². The van der Waals surface area contributed by atoms with Crippen molar-refractivity contribution in [1.82, 2.24) is 9.97 Å². The molecule has 1 aromatic heterocycles. The Morgan fingerprint density at radius 3 is 2.79 bits per heavy atom. The van der Waals surface area contributed by atoms with Gasteiger partial charge in [0.2, 0.25) is 0 Å². The monoisotopic (exact) mass is 259 g/mol. The number of carboxylic acid groups (broad SMARTS) is 1. The van der Waals surface area contributed by atoms with Gasteiger partial charge in [-0.3, -0.25) is 4.98 Å². The Labute approximate surface area is 110 Å². The fraction of sp³-hybridized carbons (Fsp3) is 0.154. The van der Waals surface area contributed by atoms with Gasteiger partial charge in [-0.25, -0.2) is 9.78 Å². The highest BCUT2D eigenvalue weighted by Crippen LogP contribution is 2.23. The minimum absolute atomic E-state index is 0.102. The van der Waals surface area contributed by atoms with Crippen molar-refractivity contribution >= 4 is 17.5 Å². The van der Waals surface area contributed by atoms with Gasteiger partial charge in [0.15, 0.2) is 5.69 Å². The van der Waals surface area contributed by atoms with Crippen LogP contribution in [0.4, 0.5) is 11.5 Å². The van der Waals surface area contributed by atoms with Crippen LogP contribution in [-0.4, -0.2) is 28.2 Å². The summed E-state index contributed by atoms with van der Waals surface area (Å²) in [4.78, 5) is 18.6. The van der Waals surface area contributed by atoms with Gasteiger partial charge in [-0.05, 0) is 30.7 Å². The van der Waals surface area contributed by atoms with Crippen LogP contribution in [0.25, 0.3) is 0 Å². The Morgan fingerprint density at radius 2 is 2.16 bits per heavy atom. The summed E-state index contributed by atoms with van der Waals surface area (Å²) in [6.07, 6.45) is 2.67. The van der Waals surface area contributed by atoms with Crippen LogP contribution in [0.2, 0.25) is 0 Å². The Balaban J connectivity index is 2.23. The van der Waals surface area contributed by atoms with Crippen molar-refractivity contribution in [3.05, 3.63) is 41.9 Å². The van der Waals surface area contributed by atoms with E-state index in [2.05, 4.69) is 15.3 Å². The topological polar surface area (TPSA) is 84.3 Å². The molecule has 6 nitrogen and oxygen atoms in total. The standard InChI is InChI=1S/C13H13N3O3/c1-8-5-9(3-4-11(8)19-2)15-12-7-14-6-10(16-12)13(17)18/h3-7H,1-2H3,(H,15,16)(H,17,18). The lowest BCUT2D eigenvalue weighted by Gasteiger charge is -2.09. The molecule has 0 fully saturated rings. The number of nitrogens with one attached hydrogen (secondary N) is 1. The van der Waals surface area contributed by atoms with E-state index in [1.54, 1.807) is 7.11 Å². The molecule has 1 aromatic carbocycles. The van der Waals surface area contributed by atoms with Gasteiger partial charge in [0.05, 0.1) is 19.5 Å². The van der Waals surface area contributed by atoms with E-state index in [0.717, 1.165) is 17.0 Å². The number of anilines is 2. The summed E-state index contributed by atoms with van der Waals surface area (Å²) < 4.78 is 5.17. The lowest BCUT2D eigenvalue weighted by Crippen LogP contribution is -2.04. The largest absolute Gasteiger partial charge is 0.496 e. The van der Waals surface area contributed by atoms with Crippen LogP contribution in [0.15, 0.2) is 30.6 Å². The first-order valence-corrected chi connectivity index (χ1v) is 5.57. The van der Waals surface area contributed by atoms with Crippen molar-refractivity contribution in [2.45, 2.75) is 6.92 Å². The highest BCUT2D eigenvalue weighted by Gasteiger charge is 2.07. The molecule has 2 rings (SSSR count). The molecule has 1 heterocycles. The Hall–Kier alpha value is -2.63. The number of aromatic nitrogens is 2. The highest BCUT2D eigenvalue weighted by molar-refractivity contribution is 5.85. The van der Waals surface area contributed by atoms with Crippen molar-refractivity contribution in [2.24, 2.45) is 0 Å². The molecule has 98 valence electrons. The number of benzene rings is 1. The summed E-state index contributed by atoms with van der Waals surface area (Å²) in [5.41, 5.74) is 1.65. The average molecular weight is 259 g/mol. The third-order valence-electron chi connectivity index (χ3n) is 2.52. The molecule has 2 aromatic rings. The number of carboxylic acids is 1. The summed E-state index contributed by atoms with van der Waals surface area (Å²) in [6.45, 7) is 1.92. The van der Waals surface area contributed by atoms with Crippen LogP contribution in [0, 0.1) is 6.92 Å². The minimum atomic E-state index is -1.11. The minimum Gasteiger partial charge on any atom is -0.496 e. The fourth-order valence-corrected chi connectivity index (χ4v) is 1.63. The van der Waals surface area contributed by atoms with Gasteiger partial charge in [-0.15, -0.1) is 0 Å². The Kier molecular flexibility index (Phi) is 3.61. The smallest absolute Gasteiger partial charge is 0.356 e. The van der Waals surface area contributed by atoms with E-state index in [9.17, 15) is 4.79 Å². The van der Waals surface area contributed by atoms with E-state index < -0.39 is 5.97 Å². The van der Waals surface area contributed by atoms with Crippen molar-refractivity contribution in [2.75, 3.05) is 12.4 Å². The average Bonchev–Trinajstić information content (AvgIpc) is 2.39. The quantitative estimate of drug-likeness (QED) is 0.875. The van der Waals surface area contributed by atoms with E-state index in [0.29, 0.717) is 5.82 Å².